The first-order chi connectivity index (χ1) is 10.2. The predicted molar refractivity (Wildman–Crippen MR) is 85.5 cm³/mol. The summed E-state index contributed by atoms with van der Waals surface area (Å²) >= 11 is 1.04. The van der Waals surface area contributed by atoms with Gasteiger partial charge >= 0.3 is 0 Å². The molecule has 1 aliphatic heterocycles. The van der Waals surface area contributed by atoms with Crippen molar-refractivity contribution >= 4 is 34.3 Å². The van der Waals surface area contributed by atoms with Crippen LogP contribution in [0.2, 0.25) is 0 Å². The van der Waals surface area contributed by atoms with Crippen LogP contribution in [0.1, 0.15) is 0 Å². The number of likely N-dealkylation sites (N-methyl/N-ethyl adjacent to an activating group) is 1. The van der Waals surface area contributed by atoms with Gasteiger partial charge in [-0.05, 0) is 36.0 Å². The van der Waals surface area contributed by atoms with E-state index in [1.54, 1.807) is 12.1 Å². The molecule has 0 aliphatic carbocycles. The number of amides is 2. The zero-order valence-corrected chi connectivity index (χ0v) is 12.3. The van der Waals surface area contributed by atoms with Gasteiger partial charge in [-0.1, -0.05) is 36.4 Å². The molecule has 21 heavy (non-hydrogen) atoms. The van der Waals surface area contributed by atoms with Gasteiger partial charge in [0.1, 0.15) is 0 Å². The average Bonchev–Trinajstić information content (AvgIpc) is 2.83. The van der Waals surface area contributed by atoms with E-state index < -0.39 is 5.37 Å². The molecule has 1 aliphatic rings. The van der Waals surface area contributed by atoms with Crippen molar-refractivity contribution in [2.45, 2.75) is 5.37 Å². The van der Waals surface area contributed by atoms with Crippen molar-refractivity contribution in [2.75, 3.05) is 16.8 Å². The minimum atomic E-state index is -0.528. The summed E-state index contributed by atoms with van der Waals surface area (Å²) < 4.78 is 0. The topological polar surface area (TPSA) is 40.6 Å². The van der Waals surface area contributed by atoms with Crippen LogP contribution in [0.25, 0.3) is 0 Å². The molecule has 0 N–H and O–H groups in total. The molecule has 1 atom stereocenters. The number of carbonyl (C=O) groups is 2. The first-order valence-electron chi connectivity index (χ1n) is 6.56. The second kappa shape index (κ2) is 5.61. The SMILES string of the molecule is CN(c1ccccc1)C1SC(=O)N(c2ccccc2)C1=O. The zero-order chi connectivity index (χ0) is 14.8. The van der Waals surface area contributed by atoms with Crippen molar-refractivity contribution < 1.29 is 9.59 Å². The fourth-order valence-electron chi connectivity index (χ4n) is 2.25. The number of anilines is 2. The summed E-state index contributed by atoms with van der Waals surface area (Å²) in [5, 5.41) is -0.765. The van der Waals surface area contributed by atoms with Crippen LogP contribution < -0.4 is 9.80 Å². The maximum atomic E-state index is 12.6. The molecule has 1 heterocycles. The van der Waals surface area contributed by atoms with Gasteiger partial charge in [-0.3, -0.25) is 9.59 Å². The molecule has 0 bridgehead atoms. The van der Waals surface area contributed by atoms with Crippen molar-refractivity contribution in [3.63, 3.8) is 0 Å². The highest BCUT2D eigenvalue weighted by atomic mass is 32.2. The van der Waals surface area contributed by atoms with E-state index in [2.05, 4.69) is 0 Å². The van der Waals surface area contributed by atoms with E-state index in [4.69, 9.17) is 0 Å². The summed E-state index contributed by atoms with van der Waals surface area (Å²) in [6.45, 7) is 0. The van der Waals surface area contributed by atoms with Gasteiger partial charge in [0.15, 0.2) is 5.37 Å². The molecule has 106 valence electrons. The Labute approximate surface area is 127 Å². The van der Waals surface area contributed by atoms with E-state index >= 15 is 0 Å². The van der Waals surface area contributed by atoms with E-state index in [0.29, 0.717) is 5.69 Å². The van der Waals surface area contributed by atoms with E-state index in [0.717, 1.165) is 17.4 Å². The number of hydrogen-bond acceptors (Lipinski definition) is 4. The van der Waals surface area contributed by atoms with Crippen molar-refractivity contribution in [3.8, 4) is 0 Å². The van der Waals surface area contributed by atoms with Crippen LogP contribution in [0.15, 0.2) is 60.7 Å². The summed E-state index contributed by atoms with van der Waals surface area (Å²) in [4.78, 5) is 27.8. The second-order valence-corrected chi connectivity index (χ2v) is 5.72. The highest BCUT2D eigenvalue weighted by Gasteiger charge is 2.42. The molecular weight excluding hydrogens is 284 g/mol. The Balaban J connectivity index is 1.87. The molecule has 1 fully saturated rings. The second-order valence-electron chi connectivity index (χ2n) is 4.69. The minimum Gasteiger partial charge on any atom is -0.354 e. The monoisotopic (exact) mass is 298 g/mol. The largest absolute Gasteiger partial charge is 0.354 e. The number of nitrogens with zero attached hydrogens (tertiary/aromatic N) is 2. The molecule has 0 saturated carbocycles. The maximum absolute atomic E-state index is 12.6. The van der Waals surface area contributed by atoms with E-state index in [1.807, 2.05) is 60.5 Å². The summed E-state index contributed by atoms with van der Waals surface area (Å²) in [6.07, 6.45) is 0. The number of para-hydroxylation sites is 2. The quantitative estimate of drug-likeness (QED) is 0.871. The Morgan fingerprint density at radius 2 is 1.52 bits per heavy atom. The number of hydrogen-bond donors (Lipinski definition) is 0. The summed E-state index contributed by atoms with van der Waals surface area (Å²) in [5.41, 5.74) is 1.52. The van der Waals surface area contributed by atoms with Crippen LogP contribution in [0.4, 0.5) is 16.2 Å². The van der Waals surface area contributed by atoms with Crippen LogP contribution in [0.5, 0.6) is 0 Å². The summed E-state index contributed by atoms with van der Waals surface area (Å²) in [6, 6.07) is 18.6. The normalized spacial score (nSPS) is 18.1. The number of carbonyl (C=O) groups excluding carboxylic acids is 2. The van der Waals surface area contributed by atoms with Gasteiger partial charge in [0.05, 0.1) is 5.69 Å². The van der Waals surface area contributed by atoms with Crippen molar-refractivity contribution in [1.82, 2.24) is 0 Å². The first-order valence-corrected chi connectivity index (χ1v) is 7.44. The standard InChI is InChI=1S/C16H14N2O2S/c1-17(12-8-4-2-5-9-12)15-14(19)18(16(20)21-15)13-10-6-3-7-11-13/h2-11,15H,1H3. The molecule has 1 saturated heterocycles. The third-order valence-electron chi connectivity index (χ3n) is 3.36. The highest BCUT2D eigenvalue weighted by Crippen LogP contribution is 2.34. The fraction of sp³-hybridized carbons (Fsp3) is 0.125. The molecule has 1 unspecified atom stereocenters. The molecule has 0 spiro atoms. The Kier molecular flexibility index (Phi) is 3.66. The van der Waals surface area contributed by atoms with Crippen LogP contribution in [-0.2, 0) is 4.79 Å². The van der Waals surface area contributed by atoms with E-state index in [9.17, 15) is 9.59 Å². The van der Waals surface area contributed by atoms with Crippen molar-refractivity contribution in [3.05, 3.63) is 60.7 Å². The predicted octanol–water partition coefficient (Wildman–Crippen LogP) is 3.35. The number of thioether (sulfide) groups is 1. The smallest absolute Gasteiger partial charge is 0.295 e. The molecule has 4 nitrogen and oxygen atoms in total. The molecule has 2 aromatic rings. The molecule has 0 aromatic heterocycles. The molecule has 0 radical (unpaired) electrons. The van der Waals surface area contributed by atoms with Crippen LogP contribution in [-0.4, -0.2) is 23.6 Å². The van der Waals surface area contributed by atoms with E-state index in [-0.39, 0.29) is 11.1 Å². The fourth-order valence-corrected chi connectivity index (χ4v) is 3.23. The van der Waals surface area contributed by atoms with E-state index in [1.165, 1.54) is 4.90 Å². The average molecular weight is 298 g/mol. The van der Waals surface area contributed by atoms with Gasteiger partial charge in [-0.2, -0.15) is 0 Å². The summed E-state index contributed by atoms with van der Waals surface area (Å²) in [7, 11) is 1.83. The molecule has 5 heteroatoms. The Morgan fingerprint density at radius 3 is 2.14 bits per heavy atom. The molecule has 2 aromatic carbocycles. The van der Waals surface area contributed by atoms with Crippen LogP contribution in [0, 0.1) is 0 Å². The number of rotatable bonds is 3. The Morgan fingerprint density at radius 1 is 0.952 bits per heavy atom. The molecular formula is C16H14N2O2S. The minimum absolute atomic E-state index is 0.206. The Bertz CT molecular complexity index is 660. The van der Waals surface area contributed by atoms with Gasteiger partial charge in [-0.15, -0.1) is 0 Å². The lowest BCUT2D eigenvalue weighted by atomic mass is 10.2. The van der Waals surface area contributed by atoms with Crippen molar-refractivity contribution in [2.24, 2.45) is 0 Å². The molecule has 3 rings (SSSR count). The third-order valence-corrected chi connectivity index (χ3v) is 4.48. The van der Waals surface area contributed by atoms with Crippen LogP contribution >= 0.6 is 11.8 Å². The first kappa shape index (κ1) is 13.7. The van der Waals surface area contributed by atoms with Gasteiger partial charge in [0.2, 0.25) is 0 Å². The van der Waals surface area contributed by atoms with Gasteiger partial charge < -0.3 is 4.90 Å². The Hall–Kier alpha value is -2.27. The zero-order valence-electron chi connectivity index (χ0n) is 11.5. The lowest BCUT2D eigenvalue weighted by Gasteiger charge is -2.24. The lowest BCUT2D eigenvalue weighted by Crippen LogP contribution is -2.39. The van der Waals surface area contributed by atoms with Gasteiger partial charge in [0.25, 0.3) is 11.1 Å². The number of imide groups is 1. The van der Waals surface area contributed by atoms with Crippen LogP contribution in [0.3, 0.4) is 0 Å². The summed E-state index contributed by atoms with van der Waals surface area (Å²) in [5.74, 6) is -0.206. The third kappa shape index (κ3) is 2.52. The highest BCUT2D eigenvalue weighted by molar-refractivity contribution is 8.16. The maximum Gasteiger partial charge on any atom is 0.295 e. The van der Waals surface area contributed by atoms with Gasteiger partial charge in [-0.25, -0.2) is 4.90 Å². The van der Waals surface area contributed by atoms with Gasteiger partial charge in [0, 0.05) is 12.7 Å². The lowest BCUT2D eigenvalue weighted by molar-refractivity contribution is -0.116. The molecule has 2 amide bonds. The number of benzene rings is 2. The van der Waals surface area contributed by atoms with Crippen molar-refractivity contribution in [1.29, 1.82) is 0 Å².